The molecule has 0 unspecified atom stereocenters. The average molecular weight is 1320 g/mol. The largest absolute Gasteiger partial charge is 0.463 e. The molecule has 28 nitrogen and oxygen atoms in total. The third-order valence-corrected chi connectivity index (χ3v) is 15.5. The van der Waals surface area contributed by atoms with Gasteiger partial charge in [-0.25, -0.2) is 9.48 Å². The highest BCUT2D eigenvalue weighted by Crippen LogP contribution is 2.49. The van der Waals surface area contributed by atoms with Crippen LogP contribution in [0.2, 0.25) is 0 Å². The second kappa shape index (κ2) is 35.5. The van der Waals surface area contributed by atoms with Crippen LogP contribution in [0.25, 0.3) is 0 Å². The molecule has 0 bridgehead atoms. The van der Waals surface area contributed by atoms with Crippen molar-refractivity contribution in [1.82, 2.24) is 25.6 Å². The van der Waals surface area contributed by atoms with Gasteiger partial charge in [-0.15, -0.1) is 16.9 Å². The number of unbranched alkanes of at least 4 members (excludes halogenated alkanes) is 2. The minimum absolute atomic E-state index is 0.0336. The van der Waals surface area contributed by atoms with Gasteiger partial charge in [0.2, 0.25) is 5.91 Å². The summed E-state index contributed by atoms with van der Waals surface area (Å²) in [7, 11) is 0. The van der Waals surface area contributed by atoms with Gasteiger partial charge >= 0.3 is 53.8 Å². The van der Waals surface area contributed by atoms with Crippen molar-refractivity contribution in [3.63, 3.8) is 0 Å². The highest BCUT2D eigenvalue weighted by molar-refractivity contribution is 8.00. The third-order valence-electron chi connectivity index (χ3n) is 13.8. The van der Waals surface area contributed by atoms with E-state index in [0.717, 1.165) is 65.2 Å². The van der Waals surface area contributed by atoms with Crippen molar-refractivity contribution in [2.75, 3.05) is 32.1 Å². The van der Waals surface area contributed by atoms with Crippen molar-refractivity contribution in [2.24, 2.45) is 0 Å². The Morgan fingerprint density at radius 2 is 1.04 bits per heavy atom. The van der Waals surface area contributed by atoms with Gasteiger partial charge in [0, 0.05) is 67.2 Å². The summed E-state index contributed by atoms with van der Waals surface area (Å²) in [6.45, 7) is 11.1. The van der Waals surface area contributed by atoms with Crippen molar-refractivity contribution in [2.45, 2.75) is 186 Å². The van der Waals surface area contributed by atoms with Crippen LogP contribution in [-0.2, 0) is 123 Å². The Morgan fingerprint density at radius 3 is 1.55 bits per heavy atom. The van der Waals surface area contributed by atoms with E-state index in [1.54, 1.807) is 20.8 Å². The second-order valence-corrected chi connectivity index (χ2v) is 23.8. The zero-order chi connectivity index (χ0) is 67.8. The van der Waals surface area contributed by atoms with Crippen LogP contribution in [0.4, 0.5) is 4.79 Å². The number of carbonyl (C=O) groups is 10. The number of rotatable bonds is 31. The standard InChI is InChI=1S/C64H81N5O23S/c1-38(70)81-35-50-53(84-40(3)72)55(85-41(4)73)58(88-44(7)76)61(90-50)91-54-51(36-82-39(2)71)89-60(57(87-43(6)75)56(54)86-42(5)74)80-32-31-69-33-48(67-68-69)34-83-52(77)29-21-14-22-30-65-59(78)49(66-62(79)92-63(8,9)10)37-93-64(45-23-15-11-16-24-45,46-25-17-12-18-26-46)47-27-19-13-20-28-47/h11-13,15-20,23-28,33,49-51,53-58,60-61H,14,21-22,29-32,34-37H2,1-10H3,(H,65,78)(H,66,79)/t49-,50-,51-,53-,54-,55+,56+,57-,58-,60-,61+/m1/s1. The summed E-state index contributed by atoms with van der Waals surface area (Å²) in [6.07, 6.45) is -14.2. The van der Waals surface area contributed by atoms with Crippen molar-refractivity contribution in [3.05, 3.63) is 120 Å². The maximum Gasteiger partial charge on any atom is 0.408 e. The molecule has 29 heteroatoms. The smallest absolute Gasteiger partial charge is 0.408 e. The maximum absolute atomic E-state index is 14.0. The molecule has 6 rings (SSSR count). The van der Waals surface area contributed by atoms with E-state index >= 15 is 0 Å². The van der Waals surface area contributed by atoms with E-state index in [-0.39, 0.29) is 44.2 Å². The number of thioether (sulfide) groups is 1. The third kappa shape index (κ3) is 22.9. The molecule has 0 saturated carbocycles. The number of esters is 8. The van der Waals surface area contributed by atoms with Gasteiger partial charge in [0.15, 0.2) is 43.1 Å². The number of benzene rings is 3. The van der Waals surface area contributed by atoms with E-state index in [2.05, 4.69) is 20.9 Å². The molecule has 0 radical (unpaired) electrons. The molecular formula is C64H81N5O23S. The normalized spacial score (nSPS) is 21.5. The Balaban J connectivity index is 1.05. The number of hydrogen-bond acceptors (Lipinski definition) is 26. The predicted molar refractivity (Wildman–Crippen MR) is 325 cm³/mol. The topological polar surface area (TPSA) is 345 Å². The van der Waals surface area contributed by atoms with E-state index in [1.165, 1.54) is 22.6 Å². The first kappa shape index (κ1) is 73.5. The van der Waals surface area contributed by atoms with E-state index < -0.39 is 151 Å². The van der Waals surface area contributed by atoms with Crippen LogP contribution in [0.5, 0.6) is 0 Å². The summed E-state index contributed by atoms with van der Waals surface area (Å²) in [5, 5.41) is 13.9. The molecule has 506 valence electrons. The first-order valence-corrected chi connectivity index (χ1v) is 31.0. The molecule has 2 N–H and O–H groups in total. The van der Waals surface area contributed by atoms with Gasteiger partial charge in [-0.05, 0) is 50.3 Å². The molecular weight excluding hydrogens is 1240 g/mol. The SMILES string of the molecule is CC(=O)OC[C@H]1O[C@@H](O[C@H]2[C@H](OC(C)=O)[C@@H](OC(C)=O)[C@H](OCCn3cc(COC(=O)CCCCCNC(=O)[C@@H](CSC(c4ccccc4)(c4ccccc4)c4ccccc4)NC(=O)OC(C)(C)C)nn3)O[C@@H]2COC(C)=O)[C@H](OC(C)=O)[C@@H](OC(C)=O)[C@@H]1OC(C)=O. The van der Waals surface area contributed by atoms with Crippen molar-refractivity contribution >= 4 is 71.5 Å². The van der Waals surface area contributed by atoms with E-state index in [0.29, 0.717) is 19.3 Å². The van der Waals surface area contributed by atoms with Crippen molar-refractivity contribution in [3.8, 4) is 0 Å². The minimum atomic E-state index is -1.87. The number of hydrogen-bond donors (Lipinski definition) is 2. The fourth-order valence-corrected chi connectivity index (χ4v) is 11.7. The summed E-state index contributed by atoms with van der Waals surface area (Å²) in [5.74, 6) is -6.94. The molecule has 2 aliphatic heterocycles. The lowest BCUT2D eigenvalue weighted by Gasteiger charge is -2.48. The first-order chi connectivity index (χ1) is 44.2. The summed E-state index contributed by atoms with van der Waals surface area (Å²) >= 11 is 1.52. The van der Waals surface area contributed by atoms with Crippen LogP contribution in [0.3, 0.4) is 0 Å². The summed E-state index contributed by atoms with van der Waals surface area (Å²) in [4.78, 5) is 128. The number of ether oxygens (including phenoxy) is 13. The van der Waals surface area contributed by atoms with Crippen LogP contribution in [0.1, 0.15) is 117 Å². The molecule has 11 atom stereocenters. The molecule has 3 heterocycles. The molecule has 93 heavy (non-hydrogen) atoms. The van der Waals surface area contributed by atoms with Gasteiger partial charge < -0.3 is 72.2 Å². The van der Waals surface area contributed by atoms with Crippen molar-refractivity contribution < 1.29 is 110 Å². The molecule has 1 aromatic heterocycles. The Labute approximate surface area is 542 Å². The Hall–Kier alpha value is -8.51. The van der Waals surface area contributed by atoms with E-state index in [1.807, 2.05) is 91.0 Å². The fourth-order valence-electron chi connectivity index (χ4n) is 10.1. The molecule has 0 spiro atoms. The second-order valence-electron chi connectivity index (χ2n) is 22.6. The first-order valence-electron chi connectivity index (χ1n) is 30.1. The minimum Gasteiger partial charge on any atom is -0.463 e. The Kier molecular flexibility index (Phi) is 28.1. The van der Waals surface area contributed by atoms with Crippen LogP contribution in [0, 0.1) is 0 Å². The molecule has 2 fully saturated rings. The summed E-state index contributed by atoms with van der Waals surface area (Å²) in [6, 6.07) is 28.9. The van der Waals surface area contributed by atoms with Crippen molar-refractivity contribution in [1.29, 1.82) is 0 Å². The number of aromatic nitrogens is 3. The lowest BCUT2D eigenvalue weighted by Crippen LogP contribution is -2.67. The quantitative estimate of drug-likeness (QED) is 0.0281. The van der Waals surface area contributed by atoms with Crippen LogP contribution in [-0.4, -0.2) is 180 Å². The number of amides is 2. The molecule has 2 amide bonds. The Morgan fingerprint density at radius 1 is 0.570 bits per heavy atom. The molecule has 0 aliphatic carbocycles. The number of alkyl carbamates (subject to hydrolysis) is 1. The Bertz CT molecular complexity index is 3050. The van der Waals surface area contributed by atoms with Gasteiger partial charge in [0.25, 0.3) is 0 Å². The van der Waals surface area contributed by atoms with Gasteiger partial charge in [-0.1, -0.05) is 103 Å². The average Bonchev–Trinajstić information content (AvgIpc) is 1.02. The highest BCUT2D eigenvalue weighted by atomic mass is 32.2. The molecule has 2 saturated heterocycles. The van der Waals surface area contributed by atoms with Gasteiger partial charge in [-0.2, -0.15) is 0 Å². The summed E-state index contributed by atoms with van der Waals surface area (Å²) in [5.41, 5.74) is 2.42. The highest BCUT2D eigenvalue weighted by Gasteiger charge is 2.58. The molecule has 4 aromatic rings. The zero-order valence-corrected chi connectivity index (χ0v) is 54.3. The number of carbonyl (C=O) groups excluding carboxylic acids is 10. The van der Waals surface area contributed by atoms with E-state index in [9.17, 15) is 47.9 Å². The number of nitrogens with zero attached hydrogens (tertiary/aromatic N) is 3. The van der Waals surface area contributed by atoms with Crippen LogP contribution < -0.4 is 10.6 Å². The van der Waals surface area contributed by atoms with Crippen LogP contribution in [0.15, 0.2) is 97.2 Å². The zero-order valence-electron chi connectivity index (χ0n) is 53.5. The monoisotopic (exact) mass is 1320 g/mol. The predicted octanol–water partition coefficient (Wildman–Crippen LogP) is 5.25. The lowest BCUT2D eigenvalue weighted by atomic mass is 9.84. The summed E-state index contributed by atoms with van der Waals surface area (Å²) < 4.78 is 74.9. The lowest BCUT2D eigenvalue weighted by molar-refractivity contribution is -0.361. The van der Waals surface area contributed by atoms with Crippen LogP contribution >= 0.6 is 11.8 Å². The van der Waals surface area contributed by atoms with Gasteiger partial charge in [0.05, 0.1) is 24.1 Å². The fraction of sp³-hybridized carbons (Fsp3) is 0.531. The number of nitrogens with one attached hydrogen (secondary N) is 2. The molecule has 2 aliphatic rings. The van der Waals surface area contributed by atoms with Gasteiger partial charge in [0.1, 0.15) is 55.5 Å². The van der Waals surface area contributed by atoms with E-state index in [4.69, 9.17) is 61.6 Å². The molecule has 3 aromatic carbocycles. The maximum atomic E-state index is 14.0. The van der Waals surface area contributed by atoms with Gasteiger partial charge in [-0.3, -0.25) is 43.2 Å².